The quantitative estimate of drug-likeness (QED) is 0.292. The lowest BCUT2D eigenvalue weighted by Crippen LogP contribution is -2.28. The summed E-state index contributed by atoms with van der Waals surface area (Å²) >= 11 is 1.75. The standard InChI is InChI=1S/C27H25N3O4S/c1-28-17-15-19(20-8-2-3-9-21(20)28)18-26-29(22-10-4-5-11-23(22)35-26)16-7-6-12-27(33)34-30-24(31)13-14-25(30)32/h2-5,8-11,13-15,17-18H,6-7,12,16H2,1H3,(H-,31,32)/p+1. The summed E-state index contributed by atoms with van der Waals surface area (Å²) in [4.78, 5) is 20.7. The number of carbonyl (C=O) groups is 1. The minimum absolute atomic E-state index is 0.179. The minimum Gasteiger partial charge on any atom is -0.492 e. The summed E-state index contributed by atoms with van der Waals surface area (Å²) in [6, 6.07) is 21.4. The zero-order valence-electron chi connectivity index (χ0n) is 19.3. The van der Waals surface area contributed by atoms with Crippen LogP contribution in [-0.2, 0) is 11.8 Å². The Morgan fingerprint density at radius 2 is 1.74 bits per heavy atom. The van der Waals surface area contributed by atoms with Gasteiger partial charge in [-0.2, -0.15) is 0 Å². The maximum atomic E-state index is 12.2. The molecule has 0 saturated carbocycles. The molecule has 0 aliphatic carbocycles. The van der Waals surface area contributed by atoms with Crippen LogP contribution in [0.1, 0.15) is 24.8 Å². The predicted octanol–water partition coefficient (Wildman–Crippen LogP) is 4.61. The number of aromatic nitrogens is 2. The van der Waals surface area contributed by atoms with Gasteiger partial charge >= 0.3 is 5.97 Å². The molecule has 0 radical (unpaired) electrons. The van der Waals surface area contributed by atoms with Crippen LogP contribution in [0.15, 0.2) is 82.9 Å². The number of hydrogen-bond donors (Lipinski definition) is 2. The van der Waals surface area contributed by atoms with Crippen LogP contribution < -0.4 is 14.3 Å². The maximum absolute atomic E-state index is 12.2. The minimum atomic E-state index is -0.512. The fourth-order valence-electron chi connectivity index (χ4n) is 4.22. The first-order valence-corrected chi connectivity index (χ1v) is 12.3. The van der Waals surface area contributed by atoms with Gasteiger partial charge in [-0.05, 0) is 42.7 Å². The van der Waals surface area contributed by atoms with E-state index in [0.717, 1.165) is 28.3 Å². The summed E-state index contributed by atoms with van der Waals surface area (Å²) in [6.07, 6.45) is 5.88. The molecule has 2 aromatic heterocycles. The van der Waals surface area contributed by atoms with Gasteiger partial charge in [0.15, 0.2) is 6.20 Å². The average Bonchev–Trinajstić information content (AvgIpc) is 3.37. The Bertz CT molecular complexity index is 1410. The Morgan fingerprint density at radius 3 is 2.57 bits per heavy atom. The highest BCUT2D eigenvalue weighted by atomic mass is 32.2. The van der Waals surface area contributed by atoms with E-state index in [9.17, 15) is 15.0 Å². The summed E-state index contributed by atoms with van der Waals surface area (Å²) in [6.45, 7) is 0.752. The second-order valence-electron chi connectivity index (χ2n) is 8.37. The highest BCUT2D eigenvalue weighted by Crippen LogP contribution is 2.46. The molecule has 0 bridgehead atoms. The summed E-state index contributed by atoms with van der Waals surface area (Å²) in [5, 5.41) is 21.6. The Balaban J connectivity index is 1.30. The molecule has 2 N–H and O–H groups in total. The first-order valence-electron chi connectivity index (χ1n) is 11.5. The molecule has 0 spiro atoms. The lowest BCUT2D eigenvalue weighted by Gasteiger charge is -2.20. The first kappa shape index (κ1) is 22.9. The van der Waals surface area contributed by atoms with Gasteiger partial charge in [-0.1, -0.05) is 36.0 Å². The van der Waals surface area contributed by atoms with Crippen LogP contribution in [0, 0.1) is 0 Å². The number of anilines is 1. The van der Waals surface area contributed by atoms with Crippen molar-refractivity contribution in [2.75, 3.05) is 11.4 Å². The molecule has 0 fully saturated rings. The number of unbranched alkanes of at least 4 members (excludes halogenated alkanes) is 1. The topological polar surface area (TPSA) is 78.8 Å². The van der Waals surface area contributed by atoms with E-state index in [2.05, 4.69) is 71.3 Å². The van der Waals surface area contributed by atoms with Crippen molar-refractivity contribution in [3.05, 3.63) is 83.5 Å². The highest BCUT2D eigenvalue weighted by Gasteiger charge is 2.25. The molecule has 1 aliphatic heterocycles. The SMILES string of the molecule is C[n+]1ccc(C=C2Sc3ccccc3N2CCCCC(=O)On2c(O)ccc2O)c2ccccc21. The Labute approximate surface area is 207 Å². The van der Waals surface area contributed by atoms with Gasteiger partial charge in [0, 0.05) is 42.1 Å². The predicted molar refractivity (Wildman–Crippen MR) is 136 cm³/mol. The number of hydrogen-bond acceptors (Lipinski definition) is 6. The van der Waals surface area contributed by atoms with Crippen molar-refractivity contribution >= 4 is 40.4 Å². The van der Waals surface area contributed by atoms with Crippen molar-refractivity contribution in [2.24, 2.45) is 7.05 Å². The van der Waals surface area contributed by atoms with Crippen LogP contribution in [-0.4, -0.2) is 27.5 Å². The number of fused-ring (bicyclic) bond motifs is 2. The molecule has 35 heavy (non-hydrogen) atoms. The number of rotatable bonds is 7. The van der Waals surface area contributed by atoms with E-state index >= 15 is 0 Å². The fourth-order valence-corrected chi connectivity index (χ4v) is 5.36. The van der Waals surface area contributed by atoms with Crippen molar-refractivity contribution in [1.82, 2.24) is 4.73 Å². The second-order valence-corrected chi connectivity index (χ2v) is 9.43. The number of aromatic hydroxyl groups is 2. The third-order valence-electron chi connectivity index (χ3n) is 5.99. The fraction of sp³-hybridized carbons (Fsp3) is 0.185. The molecule has 0 saturated heterocycles. The molecule has 4 aromatic rings. The van der Waals surface area contributed by atoms with E-state index in [1.54, 1.807) is 11.8 Å². The number of benzene rings is 2. The Kier molecular flexibility index (Phi) is 6.37. The smallest absolute Gasteiger partial charge is 0.333 e. The first-order chi connectivity index (χ1) is 17.0. The summed E-state index contributed by atoms with van der Waals surface area (Å²) < 4.78 is 2.85. The van der Waals surface area contributed by atoms with Crippen LogP contribution in [0.2, 0.25) is 0 Å². The van der Waals surface area contributed by atoms with E-state index < -0.39 is 5.97 Å². The number of thioether (sulfide) groups is 1. The zero-order chi connectivity index (χ0) is 24.4. The van der Waals surface area contributed by atoms with Gasteiger partial charge in [0.05, 0.1) is 16.1 Å². The van der Waals surface area contributed by atoms with Crippen LogP contribution in [0.5, 0.6) is 11.8 Å². The zero-order valence-corrected chi connectivity index (χ0v) is 20.1. The molecular formula is C27H26N3O4S+. The number of nitrogens with zero attached hydrogens (tertiary/aromatic N) is 3. The van der Waals surface area contributed by atoms with E-state index in [0.29, 0.717) is 6.42 Å². The van der Waals surface area contributed by atoms with Crippen molar-refractivity contribution in [3.63, 3.8) is 0 Å². The Hall–Kier alpha value is -3.91. The monoisotopic (exact) mass is 488 g/mol. The van der Waals surface area contributed by atoms with Crippen molar-refractivity contribution < 1.29 is 24.4 Å². The van der Waals surface area contributed by atoms with Gasteiger partial charge in [-0.15, -0.1) is 4.73 Å². The van der Waals surface area contributed by atoms with E-state index in [1.165, 1.54) is 33.6 Å². The van der Waals surface area contributed by atoms with E-state index in [-0.39, 0.29) is 18.2 Å². The van der Waals surface area contributed by atoms with E-state index in [4.69, 9.17) is 4.84 Å². The molecule has 0 amide bonds. The summed E-state index contributed by atoms with van der Waals surface area (Å²) in [7, 11) is 2.05. The summed E-state index contributed by atoms with van der Waals surface area (Å²) in [5.74, 6) is -1.15. The van der Waals surface area contributed by atoms with Gasteiger partial charge in [-0.3, -0.25) is 0 Å². The second kappa shape index (κ2) is 9.76. The van der Waals surface area contributed by atoms with Crippen molar-refractivity contribution in [1.29, 1.82) is 0 Å². The van der Waals surface area contributed by atoms with Gasteiger partial charge in [0.1, 0.15) is 7.05 Å². The third kappa shape index (κ3) is 4.70. The molecule has 0 atom stereocenters. The molecule has 2 aromatic carbocycles. The molecule has 5 rings (SSSR count). The molecule has 8 heteroatoms. The number of aryl methyl sites for hydroxylation is 1. The summed E-state index contributed by atoms with van der Waals surface area (Å²) in [5.41, 5.74) is 3.50. The van der Waals surface area contributed by atoms with Crippen LogP contribution >= 0.6 is 11.8 Å². The highest BCUT2D eigenvalue weighted by molar-refractivity contribution is 8.03. The van der Waals surface area contributed by atoms with E-state index in [1.807, 2.05) is 12.1 Å². The largest absolute Gasteiger partial charge is 0.492 e. The van der Waals surface area contributed by atoms with Crippen molar-refractivity contribution in [2.45, 2.75) is 24.2 Å². The number of para-hydroxylation sites is 2. The molecule has 1 aliphatic rings. The lowest BCUT2D eigenvalue weighted by atomic mass is 10.1. The maximum Gasteiger partial charge on any atom is 0.333 e. The van der Waals surface area contributed by atoms with Crippen LogP contribution in [0.25, 0.3) is 17.0 Å². The normalized spacial score (nSPS) is 14.0. The molecule has 3 heterocycles. The lowest BCUT2D eigenvalue weighted by molar-refractivity contribution is -0.644. The average molecular weight is 489 g/mol. The third-order valence-corrected chi connectivity index (χ3v) is 7.10. The van der Waals surface area contributed by atoms with Crippen LogP contribution in [0.3, 0.4) is 0 Å². The van der Waals surface area contributed by atoms with Gasteiger partial charge in [-0.25, -0.2) is 9.36 Å². The number of pyridine rings is 1. The Morgan fingerprint density at radius 1 is 1.00 bits per heavy atom. The molecule has 178 valence electrons. The molecule has 0 unspecified atom stereocenters. The number of carbonyl (C=O) groups excluding carboxylic acids is 1. The van der Waals surface area contributed by atoms with Crippen molar-refractivity contribution in [3.8, 4) is 11.8 Å². The van der Waals surface area contributed by atoms with Crippen LogP contribution in [0.4, 0.5) is 5.69 Å². The molecular weight excluding hydrogens is 462 g/mol. The molecule has 7 nitrogen and oxygen atoms in total. The van der Waals surface area contributed by atoms with Gasteiger partial charge in [0.25, 0.3) is 0 Å². The van der Waals surface area contributed by atoms with Gasteiger partial charge in [0.2, 0.25) is 17.3 Å². The van der Waals surface area contributed by atoms with Gasteiger partial charge < -0.3 is 20.0 Å².